The van der Waals surface area contributed by atoms with Crippen LogP contribution in [0, 0.1) is 0 Å². The maximum absolute atomic E-state index is 10.3. The van der Waals surface area contributed by atoms with E-state index < -0.39 is 12.1 Å². The van der Waals surface area contributed by atoms with E-state index in [1.165, 1.54) is 11.8 Å². The molecule has 0 aliphatic rings. The van der Waals surface area contributed by atoms with Gasteiger partial charge in [0.05, 0.1) is 22.6 Å². The van der Waals surface area contributed by atoms with Crippen molar-refractivity contribution in [3.8, 4) is 0 Å². The highest BCUT2D eigenvalue weighted by Crippen LogP contribution is 2.34. The van der Waals surface area contributed by atoms with E-state index in [1.807, 2.05) is 0 Å². The van der Waals surface area contributed by atoms with E-state index in [1.54, 1.807) is 18.2 Å². The average molecular weight is 281 g/mol. The SMILES string of the molecule is O=C(O)CC(O)CSc1c(Cl)cccc1Cl. The molecule has 1 atom stereocenters. The summed E-state index contributed by atoms with van der Waals surface area (Å²) in [4.78, 5) is 11.0. The summed E-state index contributed by atoms with van der Waals surface area (Å²) in [6.07, 6.45) is -1.19. The Labute approximate surface area is 107 Å². The zero-order valence-corrected chi connectivity index (χ0v) is 10.5. The van der Waals surface area contributed by atoms with Crippen molar-refractivity contribution in [3.63, 3.8) is 0 Å². The lowest BCUT2D eigenvalue weighted by Gasteiger charge is -2.09. The number of halogens is 2. The summed E-state index contributed by atoms with van der Waals surface area (Å²) in [5.41, 5.74) is 0. The third-order valence-corrected chi connectivity index (χ3v) is 3.88. The van der Waals surface area contributed by atoms with Crippen molar-refractivity contribution in [2.75, 3.05) is 5.75 Å². The molecular formula is C10H10Cl2O3S. The number of hydrogen-bond acceptors (Lipinski definition) is 3. The standard InChI is InChI=1S/C10H10Cl2O3S/c11-7-2-1-3-8(12)10(7)16-5-6(13)4-9(14)15/h1-3,6,13H,4-5H2,(H,14,15). The number of carboxylic acid groups (broad SMARTS) is 1. The molecule has 0 bridgehead atoms. The zero-order valence-electron chi connectivity index (χ0n) is 8.19. The summed E-state index contributed by atoms with van der Waals surface area (Å²) >= 11 is 13.1. The monoisotopic (exact) mass is 280 g/mol. The Morgan fingerprint density at radius 3 is 2.44 bits per heavy atom. The van der Waals surface area contributed by atoms with E-state index in [4.69, 9.17) is 28.3 Å². The van der Waals surface area contributed by atoms with E-state index in [-0.39, 0.29) is 12.2 Å². The van der Waals surface area contributed by atoms with Crippen LogP contribution in [0.25, 0.3) is 0 Å². The highest BCUT2D eigenvalue weighted by molar-refractivity contribution is 7.99. The van der Waals surface area contributed by atoms with Crippen LogP contribution in [0.3, 0.4) is 0 Å². The average Bonchev–Trinajstić information content (AvgIpc) is 2.15. The highest BCUT2D eigenvalue weighted by Gasteiger charge is 2.12. The predicted octanol–water partition coefficient (Wildman–Crippen LogP) is 2.92. The van der Waals surface area contributed by atoms with E-state index in [2.05, 4.69) is 0 Å². The molecule has 0 fully saturated rings. The number of thioether (sulfide) groups is 1. The van der Waals surface area contributed by atoms with Crippen molar-refractivity contribution < 1.29 is 15.0 Å². The fourth-order valence-corrected chi connectivity index (χ4v) is 2.67. The van der Waals surface area contributed by atoms with Crippen molar-refractivity contribution in [2.45, 2.75) is 17.4 Å². The van der Waals surface area contributed by atoms with Crippen LogP contribution < -0.4 is 0 Å². The van der Waals surface area contributed by atoms with E-state index in [0.29, 0.717) is 14.9 Å². The summed E-state index contributed by atoms with van der Waals surface area (Å²) < 4.78 is 0. The Morgan fingerprint density at radius 1 is 1.38 bits per heavy atom. The predicted molar refractivity (Wildman–Crippen MR) is 65.4 cm³/mol. The van der Waals surface area contributed by atoms with Crippen LogP contribution in [0.5, 0.6) is 0 Å². The molecule has 1 aromatic carbocycles. The smallest absolute Gasteiger partial charge is 0.306 e. The van der Waals surface area contributed by atoms with Gasteiger partial charge in [-0.2, -0.15) is 0 Å². The fourth-order valence-electron chi connectivity index (χ4n) is 1.06. The molecule has 2 N–H and O–H groups in total. The lowest BCUT2D eigenvalue weighted by Crippen LogP contribution is -2.15. The number of aliphatic carboxylic acids is 1. The second kappa shape index (κ2) is 6.35. The minimum atomic E-state index is -1.03. The van der Waals surface area contributed by atoms with Gasteiger partial charge in [0.1, 0.15) is 0 Å². The minimum Gasteiger partial charge on any atom is -0.481 e. The second-order valence-electron chi connectivity index (χ2n) is 3.11. The number of hydrogen-bond donors (Lipinski definition) is 2. The minimum absolute atomic E-state index is 0.246. The van der Waals surface area contributed by atoms with Gasteiger partial charge in [-0.25, -0.2) is 0 Å². The summed E-state index contributed by atoms with van der Waals surface area (Å²) in [6.45, 7) is 0. The zero-order chi connectivity index (χ0) is 12.1. The molecule has 0 radical (unpaired) electrons. The maximum atomic E-state index is 10.3. The van der Waals surface area contributed by atoms with Gasteiger partial charge < -0.3 is 10.2 Å². The summed E-state index contributed by atoms with van der Waals surface area (Å²) in [7, 11) is 0. The number of rotatable bonds is 5. The molecule has 1 unspecified atom stereocenters. The van der Waals surface area contributed by atoms with Crippen LogP contribution >= 0.6 is 35.0 Å². The van der Waals surface area contributed by atoms with Gasteiger partial charge in [0.15, 0.2) is 0 Å². The lowest BCUT2D eigenvalue weighted by molar-refractivity contribution is -0.138. The molecule has 0 spiro atoms. The first-order chi connectivity index (χ1) is 7.50. The molecule has 0 saturated heterocycles. The van der Waals surface area contributed by atoms with Crippen molar-refractivity contribution >= 4 is 40.9 Å². The van der Waals surface area contributed by atoms with Gasteiger partial charge in [0.2, 0.25) is 0 Å². The van der Waals surface area contributed by atoms with Gasteiger partial charge in [-0.1, -0.05) is 29.3 Å². The number of aliphatic hydroxyl groups is 1. The number of carboxylic acids is 1. The first kappa shape index (κ1) is 13.6. The van der Waals surface area contributed by atoms with Gasteiger partial charge in [0.25, 0.3) is 0 Å². The van der Waals surface area contributed by atoms with E-state index in [0.717, 1.165) is 0 Å². The normalized spacial score (nSPS) is 12.4. The van der Waals surface area contributed by atoms with Gasteiger partial charge >= 0.3 is 5.97 Å². The molecule has 3 nitrogen and oxygen atoms in total. The molecule has 0 saturated carbocycles. The highest BCUT2D eigenvalue weighted by atomic mass is 35.5. The molecule has 1 aromatic rings. The summed E-state index contributed by atoms with van der Waals surface area (Å²) in [6, 6.07) is 5.11. The van der Waals surface area contributed by atoms with Crippen LogP contribution in [0.15, 0.2) is 23.1 Å². The molecule has 0 amide bonds. The van der Waals surface area contributed by atoms with Crippen LogP contribution in [0.4, 0.5) is 0 Å². The third-order valence-electron chi connectivity index (χ3n) is 1.75. The van der Waals surface area contributed by atoms with E-state index in [9.17, 15) is 9.90 Å². The molecule has 0 aliphatic carbocycles. The first-order valence-electron chi connectivity index (χ1n) is 4.47. The lowest BCUT2D eigenvalue weighted by atomic mass is 10.3. The Balaban J connectivity index is 2.57. The summed E-state index contributed by atoms with van der Waals surface area (Å²) in [5.74, 6) is -0.784. The topological polar surface area (TPSA) is 57.5 Å². The second-order valence-corrected chi connectivity index (χ2v) is 4.96. The molecule has 88 valence electrons. The van der Waals surface area contributed by atoms with Gasteiger partial charge in [-0.05, 0) is 12.1 Å². The molecular weight excluding hydrogens is 271 g/mol. The van der Waals surface area contributed by atoms with Crippen LogP contribution in [0.1, 0.15) is 6.42 Å². The van der Waals surface area contributed by atoms with Crippen molar-refractivity contribution in [1.82, 2.24) is 0 Å². The molecule has 0 aromatic heterocycles. The maximum Gasteiger partial charge on any atom is 0.306 e. The molecule has 6 heteroatoms. The van der Waals surface area contributed by atoms with Gasteiger partial charge in [-0.3, -0.25) is 4.79 Å². The van der Waals surface area contributed by atoms with Crippen LogP contribution in [-0.2, 0) is 4.79 Å². The Morgan fingerprint density at radius 2 is 1.94 bits per heavy atom. The fraction of sp³-hybridized carbons (Fsp3) is 0.300. The van der Waals surface area contributed by atoms with Crippen molar-refractivity contribution in [3.05, 3.63) is 28.2 Å². The molecule has 1 rings (SSSR count). The molecule has 0 aliphatic heterocycles. The third kappa shape index (κ3) is 4.22. The quantitative estimate of drug-likeness (QED) is 0.815. The Hall–Kier alpha value is -0.420. The van der Waals surface area contributed by atoms with Crippen LogP contribution in [-0.4, -0.2) is 28.0 Å². The number of carbonyl (C=O) groups is 1. The Kier molecular flexibility index (Phi) is 5.41. The van der Waals surface area contributed by atoms with Crippen molar-refractivity contribution in [1.29, 1.82) is 0 Å². The summed E-state index contributed by atoms with van der Waals surface area (Å²) in [5, 5.41) is 18.8. The number of benzene rings is 1. The van der Waals surface area contributed by atoms with Crippen molar-refractivity contribution in [2.24, 2.45) is 0 Å². The Bertz CT molecular complexity index is 364. The largest absolute Gasteiger partial charge is 0.481 e. The number of aliphatic hydroxyl groups excluding tert-OH is 1. The van der Waals surface area contributed by atoms with Gasteiger partial charge in [-0.15, -0.1) is 11.8 Å². The van der Waals surface area contributed by atoms with Gasteiger partial charge in [0, 0.05) is 10.6 Å². The molecule has 16 heavy (non-hydrogen) atoms. The van der Waals surface area contributed by atoms with E-state index >= 15 is 0 Å². The van der Waals surface area contributed by atoms with Crippen LogP contribution in [0.2, 0.25) is 10.0 Å². The molecule has 0 heterocycles. The first-order valence-corrected chi connectivity index (χ1v) is 6.21.